The van der Waals surface area contributed by atoms with Gasteiger partial charge in [-0.15, -0.1) is 0 Å². The van der Waals surface area contributed by atoms with E-state index in [0.717, 1.165) is 25.7 Å². The van der Waals surface area contributed by atoms with E-state index in [-0.39, 0.29) is 23.0 Å². The summed E-state index contributed by atoms with van der Waals surface area (Å²) < 4.78 is 7.11. The molecule has 2 aromatic heterocycles. The molecule has 28 heavy (non-hydrogen) atoms. The number of nitrogens with one attached hydrogen (secondary N) is 1. The molecule has 2 heterocycles. The molecule has 0 spiro atoms. The molecule has 0 amide bonds. The van der Waals surface area contributed by atoms with Gasteiger partial charge >= 0.3 is 0 Å². The molecule has 3 aromatic rings. The SMILES string of the molecule is COc1cc([N+](=O)[O-])ccc1-c1nc2c(C)nn(C3CCCCC3)c2c(=O)[nH]1. The molecule has 1 aliphatic rings. The molecular formula is C19H21N5O4. The number of fused-ring (bicyclic) bond motifs is 1. The van der Waals surface area contributed by atoms with Crippen molar-refractivity contribution >= 4 is 16.7 Å². The van der Waals surface area contributed by atoms with Crippen molar-refractivity contribution in [2.45, 2.75) is 45.1 Å². The summed E-state index contributed by atoms with van der Waals surface area (Å²) in [6.45, 7) is 1.84. The summed E-state index contributed by atoms with van der Waals surface area (Å²) in [5.41, 5.74) is 1.83. The van der Waals surface area contributed by atoms with Gasteiger partial charge in [0.15, 0.2) is 5.52 Å². The Labute approximate surface area is 160 Å². The van der Waals surface area contributed by atoms with Crippen LogP contribution in [0.25, 0.3) is 22.4 Å². The second-order valence-electron chi connectivity index (χ2n) is 7.08. The fourth-order valence-electron chi connectivity index (χ4n) is 3.90. The number of aromatic nitrogens is 4. The number of nitro groups is 1. The van der Waals surface area contributed by atoms with E-state index in [1.54, 1.807) is 0 Å². The molecule has 1 aliphatic carbocycles. The lowest BCUT2D eigenvalue weighted by atomic mass is 9.95. The van der Waals surface area contributed by atoms with E-state index in [9.17, 15) is 14.9 Å². The van der Waals surface area contributed by atoms with Crippen LogP contribution in [0.3, 0.4) is 0 Å². The van der Waals surface area contributed by atoms with Gasteiger partial charge in [0, 0.05) is 6.07 Å². The topological polar surface area (TPSA) is 116 Å². The number of hydrogen-bond acceptors (Lipinski definition) is 6. The summed E-state index contributed by atoms with van der Waals surface area (Å²) in [5, 5.41) is 15.6. The number of methoxy groups -OCH3 is 1. The maximum absolute atomic E-state index is 12.9. The third kappa shape index (κ3) is 3.02. The predicted molar refractivity (Wildman–Crippen MR) is 104 cm³/mol. The molecule has 4 rings (SSSR count). The molecule has 0 saturated heterocycles. The first kappa shape index (κ1) is 18.1. The van der Waals surface area contributed by atoms with Crippen LogP contribution in [0.1, 0.15) is 43.8 Å². The Kier molecular flexibility index (Phi) is 4.58. The maximum atomic E-state index is 12.9. The number of nitrogens with zero attached hydrogens (tertiary/aromatic N) is 4. The van der Waals surface area contributed by atoms with Crippen molar-refractivity contribution in [2.24, 2.45) is 0 Å². The van der Waals surface area contributed by atoms with E-state index >= 15 is 0 Å². The highest BCUT2D eigenvalue weighted by atomic mass is 16.6. The first-order valence-electron chi connectivity index (χ1n) is 9.31. The zero-order chi connectivity index (χ0) is 19.8. The molecule has 1 N–H and O–H groups in total. The van der Waals surface area contributed by atoms with Gasteiger partial charge in [-0.3, -0.25) is 19.6 Å². The van der Waals surface area contributed by atoms with Gasteiger partial charge in [-0.2, -0.15) is 5.10 Å². The van der Waals surface area contributed by atoms with Crippen LogP contribution in [0, 0.1) is 17.0 Å². The molecule has 0 radical (unpaired) electrons. The summed E-state index contributed by atoms with van der Waals surface area (Å²) >= 11 is 0. The minimum Gasteiger partial charge on any atom is -0.496 e. The van der Waals surface area contributed by atoms with Crippen LogP contribution in [0.2, 0.25) is 0 Å². The van der Waals surface area contributed by atoms with Crippen molar-refractivity contribution in [1.82, 2.24) is 19.7 Å². The minimum absolute atomic E-state index is 0.0923. The Morgan fingerprint density at radius 3 is 2.71 bits per heavy atom. The van der Waals surface area contributed by atoms with Crippen LogP contribution >= 0.6 is 0 Å². The smallest absolute Gasteiger partial charge is 0.277 e. The summed E-state index contributed by atoms with van der Waals surface area (Å²) in [4.78, 5) is 30.9. The number of ether oxygens (including phenoxy) is 1. The van der Waals surface area contributed by atoms with Gasteiger partial charge in [-0.05, 0) is 25.8 Å². The van der Waals surface area contributed by atoms with Crippen LogP contribution in [0.15, 0.2) is 23.0 Å². The number of H-pyrrole nitrogens is 1. The van der Waals surface area contributed by atoms with Crippen molar-refractivity contribution < 1.29 is 9.66 Å². The molecule has 1 aromatic carbocycles. The Bertz CT molecular complexity index is 1110. The fraction of sp³-hybridized carbons (Fsp3) is 0.421. The zero-order valence-corrected chi connectivity index (χ0v) is 15.8. The molecule has 9 nitrogen and oxygen atoms in total. The van der Waals surface area contributed by atoms with Gasteiger partial charge in [0.2, 0.25) is 0 Å². The van der Waals surface area contributed by atoms with Gasteiger partial charge in [-0.1, -0.05) is 19.3 Å². The second-order valence-corrected chi connectivity index (χ2v) is 7.08. The quantitative estimate of drug-likeness (QED) is 0.544. The number of aromatic amines is 1. The number of nitro benzene ring substituents is 1. The zero-order valence-electron chi connectivity index (χ0n) is 15.8. The van der Waals surface area contributed by atoms with Crippen LogP contribution in [-0.4, -0.2) is 31.8 Å². The second kappa shape index (κ2) is 7.06. The standard InChI is InChI=1S/C19H21N5O4/c1-11-16-17(23(22-11)12-6-4-3-5-7-12)19(25)21-18(20-16)14-9-8-13(24(26)27)10-15(14)28-2/h8-10,12H,3-7H2,1-2H3,(H,20,21,25). The summed E-state index contributed by atoms with van der Waals surface area (Å²) in [6, 6.07) is 4.42. The van der Waals surface area contributed by atoms with Crippen molar-refractivity contribution in [1.29, 1.82) is 0 Å². The van der Waals surface area contributed by atoms with Crippen molar-refractivity contribution in [3.63, 3.8) is 0 Å². The summed E-state index contributed by atoms with van der Waals surface area (Å²) in [7, 11) is 1.42. The van der Waals surface area contributed by atoms with Crippen molar-refractivity contribution in [3.8, 4) is 17.1 Å². The molecule has 9 heteroatoms. The maximum Gasteiger partial charge on any atom is 0.277 e. The molecule has 0 unspecified atom stereocenters. The van der Waals surface area contributed by atoms with Gasteiger partial charge in [0.05, 0.1) is 35.4 Å². The van der Waals surface area contributed by atoms with Gasteiger partial charge in [0.1, 0.15) is 17.1 Å². The van der Waals surface area contributed by atoms with Crippen LogP contribution < -0.4 is 10.3 Å². The number of rotatable bonds is 4. The molecule has 0 aliphatic heterocycles. The largest absolute Gasteiger partial charge is 0.496 e. The van der Waals surface area contributed by atoms with E-state index in [1.165, 1.54) is 31.7 Å². The fourth-order valence-corrected chi connectivity index (χ4v) is 3.90. The summed E-state index contributed by atoms with van der Waals surface area (Å²) in [5.74, 6) is 0.574. The number of hydrogen-bond donors (Lipinski definition) is 1. The Hall–Kier alpha value is -3.23. The minimum atomic E-state index is -0.496. The highest BCUT2D eigenvalue weighted by molar-refractivity contribution is 5.80. The third-order valence-electron chi connectivity index (χ3n) is 5.30. The van der Waals surface area contributed by atoms with E-state index in [2.05, 4.69) is 15.1 Å². The lowest BCUT2D eigenvalue weighted by Gasteiger charge is -2.22. The molecule has 1 saturated carbocycles. The first-order valence-corrected chi connectivity index (χ1v) is 9.31. The molecule has 146 valence electrons. The van der Waals surface area contributed by atoms with E-state index in [0.29, 0.717) is 28.1 Å². The van der Waals surface area contributed by atoms with Gasteiger partial charge in [-0.25, -0.2) is 4.98 Å². The Balaban J connectivity index is 1.86. The van der Waals surface area contributed by atoms with Crippen molar-refractivity contribution in [2.75, 3.05) is 7.11 Å². The van der Waals surface area contributed by atoms with Gasteiger partial charge < -0.3 is 9.72 Å². The molecule has 1 fully saturated rings. The monoisotopic (exact) mass is 383 g/mol. The Morgan fingerprint density at radius 2 is 2.04 bits per heavy atom. The molecule has 0 atom stereocenters. The van der Waals surface area contributed by atoms with E-state index < -0.39 is 4.92 Å². The van der Waals surface area contributed by atoms with Crippen LogP contribution in [0.4, 0.5) is 5.69 Å². The van der Waals surface area contributed by atoms with Crippen LogP contribution in [0.5, 0.6) is 5.75 Å². The number of aryl methyl sites for hydroxylation is 1. The third-order valence-corrected chi connectivity index (χ3v) is 5.30. The lowest BCUT2D eigenvalue weighted by Crippen LogP contribution is -2.19. The highest BCUT2D eigenvalue weighted by Crippen LogP contribution is 2.33. The summed E-state index contributed by atoms with van der Waals surface area (Å²) in [6.07, 6.45) is 5.50. The van der Waals surface area contributed by atoms with Crippen molar-refractivity contribution in [3.05, 3.63) is 44.4 Å². The number of benzene rings is 1. The highest BCUT2D eigenvalue weighted by Gasteiger charge is 2.23. The lowest BCUT2D eigenvalue weighted by molar-refractivity contribution is -0.384. The van der Waals surface area contributed by atoms with Gasteiger partial charge in [0.25, 0.3) is 11.2 Å². The predicted octanol–water partition coefficient (Wildman–Crippen LogP) is 3.52. The normalized spacial score (nSPS) is 15.1. The average molecular weight is 383 g/mol. The van der Waals surface area contributed by atoms with E-state index in [4.69, 9.17) is 4.74 Å². The van der Waals surface area contributed by atoms with Crippen LogP contribution in [-0.2, 0) is 0 Å². The molecular weight excluding hydrogens is 362 g/mol. The Morgan fingerprint density at radius 1 is 1.29 bits per heavy atom. The number of non-ortho nitro benzene ring substituents is 1. The average Bonchev–Trinajstić information content (AvgIpc) is 3.05. The van der Waals surface area contributed by atoms with E-state index in [1.807, 2.05) is 11.6 Å². The first-order chi connectivity index (χ1) is 13.5. The molecule has 0 bridgehead atoms.